The largest absolute Gasteiger partial charge is 0.309 e. The molecule has 0 aliphatic rings. The van der Waals surface area contributed by atoms with E-state index in [1.807, 2.05) is 37.3 Å². The standard InChI is InChI=1S/C18H15N9O2/c1-11-15(27(28)29)9-24(22-11)12(2)16-21-18-14-8-20-26(13-6-4-3-5-7-13)17(14)19-10-25(18)23-16/h3-10,12H,1-2H3. The van der Waals surface area contributed by atoms with Gasteiger partial charge in [-0.2, -0.15) is 10.2 Å². The van der Waals surface area contributed by atoms with Crippen LogP contribution in [-0.4, -0.2) is 44.1 Å². The maximum atomic E-state index is 11.1. The van der Waals surface area contributed by atoms with Crippen LogP contribution in [0, 0.1) is 17.0 Å². The molecule has 29 heavy (non-hydrogen) atoms. The quantitative estimate of drug-likeness (QED) is 0.342. The molecule has 11 nitrogen and oxygen atoms in total. The number of hydrogen-bond acceptors (Lipinski definition) is 7. The molecule has 5 aromatic rings. The molecule has 0 radical (unpaired) electrons. The number of benzene rings is 1. The van der Waals surface area contributed by atoms with E-state index in [0.29, 0.717) is 22.8 Å². The fourth-order valence-electron chi connectivity index (χ4n) is 3.24. The average molecular weight is 389 g/mol. The molecule has 144 valence electrons. The summed E-state index contributed by atoms with van der Waals surface area (Å²) < 4.78 is 4.82. The van der Waals surface area contributed by atoms with Crippen molar-refractivity contribution in [3.8, 4) is 5.69 Å². The molecular formula is C18H15N9O2. The summed E-state index contributed by atoms with van der Waals surface area (Å²) in [5.74, 6) is 0.476. The lowest BCUT2D eigenvalue weighted by Gasteiger charge is -2.06. The predicted octanol–water partition coefficient (Wildman–Crippen LogP) is 2.49. The minimum absolute atomic E-state index is 0.0335. The zero-order valence-corrected chi connectivity index (χ0v) is 15.5. The molecule has 0 bridgehead atoms. The van der Waals surface area contributed by atoms with Crippen molar-refractivity contribution in [1.29, 1.82) is 0 Å². The van der Waals surface area contributed by atoms with Gasteiger partial charge in [0.1, 0.15) is 24.3 Å². The van der Waals surface area contributed by atoms with Gasteiger partial charge in [0.2, 0.25) is 0 Å². The van der Waals surface area contributed by atoms with E-state index in [1.165, 1.54) is 10.9 Å². The maximum absolute atomic E-state index is 11.1. The minimum Gasteiger partial charge on any atom is -0.258 e. The normalized spacial score (nSPS) is 12.6. The van der Waals surface area contributed by atoms with Gasteiger partial charge in [-0.05, 0) is 26.0 Å². The van der Waals surface area contributed by atoms with Crippen LogP contribution in [0.5, 0.6) is 0 Å². The molecule has 11 heteroatoms. The van der Waals surface area contributed by atoms with Crippen LogP contribution in [0.2, 0.25) is 0 Å². The maximum Gasteiger partial charge on any atom is 0.309 e. The summed E-state index contributed by atoms with van der Waals surface area (Å²) in [6.07, 6.45) is 4.68. The van der Waals surface area contributed by atoms with Crippen molar-refractivity contribution in [2.45, 2.75) is 19.9 Å². The van der Waals surface area contributed by atoms with Gasteiger partial charge in [-0.1, -0.05) is 18.2 Å². The van der Waals surface area contributed by atoms with Crippen molar-refractivity contribution >= 4 is 22.4 Å². The zero-order valence-electron chi connectivity index (χ0n) is 15.5. The lowest BCUT2D eigenvalue weighted by atomic mass is 10.3. The summed E-state index contributed by atoms with van der Waals surface area (Å²) in [5, 5.41) is 25.0. The summed E-state index contributed by atoms with van der Waals surface area (Å²) in [6, 6.07) is 9.31. The van der Waals surface area contributed by atoms with Crippen LogP contribution in [0.3, 0.4) is 0 Å². The third-order valence-corrected chi connectivity index (χ3v) is 4.78. The first kappa shape index (κ1) is 17.0. The molecule has 1 unspecified atom stereocenters. The highest BCUT2D eigenvalue weighted by Gasteiger charge is 2.22. The zero-order chi connectivity index (χ0) is 20.1. The molecule has 4 heterocycles. The predicted molar refractivity (Wildman–Crippen MR) is 103 cm³/mol. The number of nitro groups is 1. The van der Waals surface area contributed by atoms with E-state index in [2.05, 4.69) is 25.3 Å². The Bertz CT molecular complexity index is 1370. The summed E-state index contributed by atoms with van der Waals surface area (Å²) in [4.78, 5) is 19.8. The van der Waals surface area contributed by atoms with E-state index >= 15 is 0 Å². The van der Waals surface area contributed by atoms with E-state index in [0.717, 1.165) is 11.1 Å². The van der Waals surface area contributed by atoms with Crippen LogP contribution >= 0.6 is 0 Å². The number of fused-ring (bicyclic) bond motifs is 3. The number of hydrogen-bond donors (Lipinski definition) is 0. The van der Waals surface area contributed by atoms with Gasteiger partial charge in [0, 0.05) is 0 Å². The van der Waals surface area contributed by atoms with Gasteiger partial charge in [-0.15, -0.1) is 5.10 Å². The third kappa shape index (κ3) is 2.63. The Morgan fingerprint density at radius 1 is 1.14 bits per heavy atom. The van der Waals surface area contributed by atoms with Crippen molar-refractivity contribution in [1.82, 2.24) is 39.1 Å². The average Bonchev–Trinajstić information content (AvgIpc) is 3.43. The number of nitrogens with zero attached hydrogens (tertiary/aromatic N) is 9. The Hall–Kier alpha value is -4.15. The number of aryl methyl sites for hydroxylation is 1. The van der Waals surface area contributed by atoms with E-state index in [-0.39, 0.29) is 11.7 Å². The fourth-order valence-corrected chi connectivity index (χ4v) is 3.24. The molecule has 0 aliphatic carbocycles. The van der Waals surface area contributed by atoms with Crippen LogP contribution in [0.1, 0.15) is 24.5 Å². The van der Waals surface area contributed by atoms with Gasteiger partial charge in [0.25, 0.3) is 0 Å². The second-order valence-corrected chi connectivity index (χ2v) is 6.62. The Labute approximate surface area is 163 Å². The molecule has 0 fully saturated rings. The smallest absolute Gasteiger partial charge is 0.258 e. The van der Waals surface area contributed by atoms with Crippen molar-refractivity contribution in [2.24, 2.45) is 0 Å². The highest BCUT2D eigenvalue weighted by molar-refractivity contribution is 5.89. The van der Waals surface area contributed by atoms with Crippen LogP contribution in [0.4, 0.5) is 5.69 Å². The van der Waals surface area contributed by atoms with Gasteiger partial charge >= 0.3 is 5.69 Å². The fraction of sp³-hybridized carbons (Fsp3) is 0.167. The van der Waals surface area contributed by atoms with Crippen LogP contribution in [0.25, 0.3) is 22.4 Å². The van der Waals surface area contributed by atoms with E-state index < -0.39 is 4.92 Å². The van der Waals surface area contributed by atoms with Crippen molar-refractivity contribution in [2.75, 3.05) is 0 Å². The first-order chi connectivity index (χ1) is 14.0. The number of para-hydroxylation sites is 1. The molecule has 5 rings (SSSR count). The highest BCUT2D eigenvalue weighted by Crippen LogP contribution is 2.24. The van der Waals surface area contributed by atoms with Gasteiger partial charge < -0.3 is 0 Å². The summed E-state index contributed by atoms with van der Waals surface area (Å²) >= 11 is 0. The van der Waals surface area contributed by atoms with Gasteiger partial charge in [-0.3, -0.25) is 14.8 Å². The monoisotopic (exact) mass is 389 g/mol. The van der Waals surface area contributed by atoms with E-state index in [4.69, 9.17) is 0 Å². The lowest BCUT2D eigenvalue weighted by Crippen LogP contribution is -2.09. The molecule has 1 atom stereocenters. The van der Waals surface area contributed by atoms with Gasteiger partial charge in [0.15, 0.2) is 17.1 Å². The number of aromatic nitrogens is 8. The SMILES string of the molecule is Cc1nn(C(C)c2nc3c4cnn(-c5ccccc5)c4ncn3n2)cc1[N+](=O)[O-]. The first-order valence-electron chi connectivity index (χ1n) is 8.87. The molecule has 0 saturated carbocycles. The van der Waals surface area contributed by atoms with Gasteiger partial charge in [0.05, 0.1) is 22.2 Å². The molecule has 1 aromatic carbocycles. The van der Waals surface area contributed by atoms with E-state index in [9.17, 15) is 10.1 Å². The lowest BCUT2D eigenvalue weighted by molar-refractivity contribution is -0.385. The van der Waals surface area contributed by atoms with Crippen molar-refractivity contribution in [3.05, 3.63) is 70.7 Å². The summed E-state index contributed by atoms with van der Waals surface area (Å²) in [5.41, 5.74) is 2.48. The number of rotatable bonds is 4. The second-order valence-electron chi connectivity index (χ2n) is 6.62. The summed E-state index contributed by atoms with van der Waals surface area (Å²) in [6.45, 7) is 3.44. The van der Waals surface area contributed by atoms with Crippen molar-refractivity contribution in [3.63, 3.8) is 0 Å². The first-order valence-corrected chi connectivity index (χ1v) is 8.87. The van der Waals surface area contributed by atoms with Crippen LogP contribution in [-0.2, 0) is 0 Å². The topological polar surface area (TPSA) is 122 Å². The minimum atomic E-state index is -0.450. The molecule has 4 aromatic heterocycles. The highest BCUT2D eigenvalue weighted by atomic mass is 16.6. The Morgan fingerprint density at radius 2 is 1.93 bits per heavy atom. The van der Waals surface area contributed by atoms with Gasteiger partial charge in [-0.25, -0.2) is 19.2 Å². The molecule has 0 saturated heterocycles. The third-order valence-electron chi connectivity index (χ3n) is 4.78. The van der Waals surface area contributed by atoms with E-state index in [1.54, 1.807) is 28.6 Å². The summed E-state index contributed by atoms with van der Waals surface area (Å²) in [7, 11) is 0. The molecule has 0 amide bonds. The molecular weight excluding hydrogens is 374 g/mol. The Morgan fingerprint density at radius 3 is 2.66 bits per heavy atom. The Balaban J connectivity index is 1.60. The van der Waals surface area contributed by atoms with Crippen molar-refractivity contribution < 1.29 is 4.92 Å². The molecule has 0 aliphatic heterocycles. The molecule has 0 spiro atoms. The molecule has 0 N–H and O–H groups in total. The van der Waals surface area contributed by atoms with Crippen LogP contribution in [0.15, 0.2) is 49.1 Å². The second kappa shape index (κ2) is 6.19. The van der Waals surface area contributed by atoms with Crippen LogP contribution < -0.4 is 0 Å². The Kier molecular flexibility index (Phi) is 3.63.